The fourth-order valence-corrected chi connectivity index (χ4v) is 4.46. The Balaban J connectivity index is 0.00000364. The number of ether oxygens (including phenoxy) is 1. The van der Waals surface area contributed by atoms with Gasteiger partial charge in [0.05, 0.1) is 6.54 Å². The third-order valence-corrected chi connectivity index (χ3v) is 6.79. The Morgan fingerprint density at radius 1 is 1.15 bits per heavy atom. The molecule has 1 saturated heterocycles. The molecular formula is C21H43IN4O. The lowest BCUT2D eigenvalue weighted by atomic mass is 9.78. The molecule has 2 aliphatic rings. The number of hydrogen-bond acceptors (Lipinski definition) is 3. The summed E-state index contributed by atoms with van der Waals surface area (Å²) in [5.41, 5.74) is 0.124. The number of halogens is 1. The molecule has 6 heteroatoms. The standard InChI is InChI=1S/C21H42N4O.HI/c1-6-22-20(23-16-21(25(4)5)12-14-26-15-13-21)24-18(3)17(2)19-10-8-7-9-11-19;/h17-19H,6-16H2,1-5H3,(H2,22,23,24);1H. The van der Waals surface area contributed by atoms with E-state index in [-0.39, 0.29) is 29.5 Å². The first-order chi connectivity index (χ1) is 12.5. The van der Waals surface area contributed by atoms with E-state index >= 15 is 0 Å². The zero-order chi connectivity index (χ0) is 19.0. The molecule has 5 nitrogen and oxygen atoms in total. The van der Waals surface area contributed by atoms with Crippen LogP contribution in [0.5, 0.6) is 0 Å². The van der Waals surface area contributed by atoms with Gasteiger partial charge in [0.15, 0.2) is 5.96 Å². The van der Waals surface area contributed by atoms with E-state index in [9.17, 15) is 0 Å². The highest BCUT2D eigenvalue weighted by Gasteiger charge is 2.35. The lowest BCUT2D eigenvalue weighted by Gasteiger charge is -2.42. The molecule has 1 heterocycles. The van der Waals surface area contributed by atoms with Gasteiger partial charge in [0.1, 0.15) is 0 Å². The summed E-state index contributed by atoms with van der Waals surface area (Å²) < 4.78 is 5.59. The first-order valence-electron chi connectivity index (χ1n) is 10.8. The van der Waals surface area contributed by atoms with Crippen molar-refractivity contribution in [2.24, 2.45) is 16.8 Å². The molecule has 0 aromatic heterocycles. The zero-order valence-corrected chi connectivity index (χ0v) is 20.6. The molecule has 0 aromatic carbocycles. The molecule has 2 rings (SSSR count). The van der Waals surface area contributed by atoms with Crippen molar-refractivity contribution in [3.63, 3.8) is 0 Å². The molecule has 2 atom stereocenters. The van der Waals surface area contributed by atoms with Crippen LogP contribution in [-0.2, 0) is 4.74 Å². The van der Waals surface area contributed by atoms with Crippen molar-refractivity contribution < 1.29 is 4.74 Å². The summed E-state index contributed by atoms with van der Waals surface area (Å²) in [6.45, 7) is 10.3. The topological polar surface area (TPSA) is 48.9 Å². The van der Waals surface area contributed by atoms with Gasteiger partial charge in [-0.15, -0.1) is 24.0 Å². The number of hydrogen-bond donors (Lipinski definition) is 2. The van der Waals surface area contributed by atoms with Crippen LogP contribution in [0.15, 0.2) is 4.99 Å². The Morgan fingerprint density at radius 3 is 2.33 bits per heavy atom. The second-order valence-electron chi connectivity index (χ2n) is 8.62. The lowest BCUT2D eigenvalue weighted by Crippen LogP contribution is -2.52. The second-order valence-corrected chi connectivity index (χ2v) is 8.62. The number of aliphatic imine (C=N–C) groups is 1. The fraction of sp³-hybridized carbons (Fsp3) is 0.952. The largest absolute Gasteiger partial charge is 0.381 e. The van der Waals surface area contributed by atoms with Crippen LogP contribution in [0.3, 0.4) is 0 Å². The van der Waals surface area contributed by atoms with E-state index in [0.29, 0.717) is 12.0 Å². The molecule has 1 aliphatic heterocycles. The predicted octanol–water partition coefficient (Wildman–Crippen LogP) is 3.88. The molecule has 1 aliphatic carbocycles. The van der Waals surface area contributed by atoms with Crippen molar-refractivity contribution in [1.29, 1.82) is 0 Å². The smallest absolute Gasteiger partial charge is 0.191 e. The van der Waals surface area contributed by atoms with E-state index in [4.69, 9.17) is 9.73 Å². The van der Waals surface area contributed by atoms with Gasteiger partial charge < -0.3 is 20.3 Å². The summed E-state index contributed by atoms with van der Waals surface area (Å²) in [6.07, 6.45) is 9.13. The molecule has 160 valence electrons. The second kappa shape index (κ2) is 12.5. The Morgan fingerprint density at radius 2 is 1.78 bits per heavy atom. The van der Waals surface area contributed by atoms with E-state index in [1.807, 2.05) is 0 Å². The fourth-order valence-electron chi connectivity index (χ4n) is 4.46. The molecule has 0 amide bonds. The van der Waals surface area contributed by atoms with Crippen LogP contribution in [0.1, 0.15) is 65.7 Å². The summed E-state index contributed by atoms with van der Waals surface area (Å²) in [7, 11) is 4.35. The van der Waals surface area contributed by atoms with Gasteiger partial charge in [0.25, 0.3) is 0 Å². The van der Waals surface area contributed by atoms with Gasteiger partial charge in [0.2, 0.25) is 0 Å². The number of nitrogens with zero attached hydrogens (tertiary/aromatic N) is 2. The molecule has 27 heavy (non-hydrogen) atoms. The van der Waals surface area contributed by atoms with Crippen LogP contribution in [-0.4, -0.2) is 62.8 Å². The number of guanidine groups is 1. The minimum Gasteiger partial charge on any atom is -0.381 e. The summed E-state index contributed by atoms with van der Waals surface area (Å²) in [5, 5.41) is 7.16. The van der Waals surface area contributed by atoms with E-state index in [1.165, 1.54) is 32.1 Å². The van der Waals surface area contributed by atoms with Gasteiger partial charge in [-0.2, -0.15) is 0 Å². The molecule has 0 spiro atoms. The highest BCUT2D eigenvalue weighted by Crippen LogP contribution is 2.31. The van der Waals surface area contributed by atoms with Gasteiger partial charge in [-0.05, 0) is 52.6 Å². The average molecular weight is 495 g/mol. The Hall–Kier alpha value is -0.0800. The van der Waals surface area contributed by atoms with Crippen molar-refractivity contribution in [3.05, 3.63) is 0 Å². The van der Waals surface area contributed by atoms with E-state index in [0.717, 1.165) is 51.0 Å². The zero-order valence-electron chi connectivity index (χ0n) is 18.2. The molecule has 0 bridgehead atoms. The van der Waals surface area contributed by atoms with Gasteiger partial charge in [-0.25, -0.2) is 0 Å². The Labute approximate surface area is 184 Å². The maximum absolute atomic E-state index is 5.59. The van der Waals surface area contributed by atoms with Crippen molar-refractivity contribution in [3.8, 4) is 0 Å². The van der Waals surface area contributed by atoms with E-state index < -0.39 is 0 Å². The van der Waals surface area contributed by atoms with Crippen LogP contribution in [0, 0.1) is 11.8 Å². The first-order valence-corrected chi connectivity index (χ1v) is 10.8. The van der Waals surface area contributed by atoms with Crippen LogP contribution in [0.4, 0.5) is 0 Å². The van der Waals surface area contributed by atoms with Crippen LogP contribution >= 0.6 is 24.0 Å². The summed E-state index contributed by atoms with van der Waals surface area (Å²) in [4.78, 5) is 7.34. The molecule has 2 unspecified atom stereocenters. The highest BCUT2D eigenvalue weighted by molar-refractivity contribution is 14.0. The minimum atomic E-state index is 0. The van der Waals surface area contributed by atoms with Crippen molar-refractivity contribution in [1.82, 2.24) is 15.5 Å². The maximum Gasteiger partial charge on any atom is 0.191 e. The van der Waals surface area contributed by atoms with Crippen LogP contribution in [0.2, 0.25) is 0 Å². The molecule has 0 radical (unpaired) electrons. The van der Waals surface area contributed by atoms with Crippen molar-refractivity contribution in [2.75, 3.05) is 40.4 Å². The van der Waals surface area contributed by atoms with Gasteiger partial charge >= 0.3 is 0 Å². The highest BCUT2D eigenvalue weighted by atomic mass is 127. The Kier molecular flexibility index (Phi) is 11.5. The quantitative estimate of drug-likeness (QED) is 0.321. The van der Waals surface area contributed by atoms with Crippen LogP contribution in [0.25, 0.3) is 0 Å². The normalized spacial score (nSPS) is 23.4. The molecule has 2 fully saturated rings. The molecule has 1 saturated carbocycles. The van der Waals surface area contributed by atoms with Crippen molar-refractivity contribution >= 4 is 29.9 Å². The van der Waals surface area contributed by atoms with E-state index in [2.05, 4.69) is 50.4 Å². The van der Waals surface area contributed by atoms with Gasteiger partial charge in [-0.1, -0.05) is 39.0 Å². The summed E-state index contributed by atoms with van der Waals surface area (Å²) in [6, 6.07) is 0.445. The maximum atomic E-state index is 5.59. The average Bonchev–Trinajstić information content (AvgIpc) is 2.67. The predicted molar refractivity (Wildman–Crippen MR) is 126 cm³/mol. The summed E-state index contributed by atoms with van der Waals surface area (Å²) in [5.74, 6) is 2.51. The lowest BCUT2D eigenvalue weighted by molar-refractivity contribution is -0.00256. The number of rotatable bonds is 7. The van der Waals surface area contributed by atoms with Crippen LogP contribution < -0.4 is 10.6 Å². The SMILES string of the molecule is CCNC(=NCC1(N(C)C)CCOCC1)NC(C)C(C)C1CCCCC1.I. The third-order valence-electron chi connectivity index (χ3n) is 6.79. The molecule has 2 N–H and O–H groups in total. The number of likely N-dealkylation sites (N-methyl/N-ethyl adjacent to an activating group) is 1. The van der Waals surface area contributed by atoms with Gasteiger partial charge in [-0.3, -0.25) is 4.99 Å². The minimum absolute atomic E-state index is 0. The summed E-state index contributed by atoms with van der Waals surface area (Å²) >= 11 is 0. The monoisotopic (exact) mass is 494 g/mol. The molecule has 0 aromatic rings. The molecular weight excluding hydrogens is 451 g/mol. The Bertz CT molecular complexity index is 432. The van der Waals surface area contributed by atoms with Crippen molar-refractivity contribution in [2.45, 2.75) is 77.3 Å². The third kappa shape index (κ3) is 7.35. The number of nitrogens with one attached hydrogen (secondary N) is 2. The van der Waals surface area contributed by atoms with E-state index in [1.54, 1.807) is 0 Å². The first kappa shape index (κ1) is 25.0. The van der Waals surface area contributed by atoms with Gasteiger partial charge in [0, 0.05) is 31.3 Å².